The van der Waals surface area contributed by atoms with Gasteiger partial charge >= 0.3 is 0 Å². The number of carbonyl (C=O) groups is 1. The average molecular weight is 390 g/mol. The molecule has 0 spiro atoms. The van der Waals surface area contributed by atoms with Gasteiger partial charge in [-0.05, 0) is 36.2 Å². The third-order valence-corrected chi connectivity index (χ3v) is 4.57. The van der Waals surface area contributed by atoms with Crippen LogP contribution in [-0.2, 0) is 13.1 Å². The summed E-state index contributed by atoms with van der Waals surface area (Å²) in [4.78, 5) is 23.3. The van der Waals surface area contributed by atoms with E-state index in [0.717, 1.165) is 28.3 Å². The van der Waals surface area contributed by atoms with Gasteiger partial charge < -0.3 is 19.7 Å². The highest BCUT2D eigenvalue weighted by molar-refractivity contribution is 5.92. The Labute approximate surface area is 169 Å². The van der Waals surface area contributed by atoms with Crippen LogP contribution in [0.1, 0.15) is 27.3 Å². The fraction of sp³-hybridized carbons (Fsp3) is 0.227. The third-order valence-electron chi connectivity index (χ3n) is 4.57. The van der Waals surface area contributed by atoms with Gasteiger partial charge in [0, 0.05) is 25.8 Å². The van der Waals surface area contributed by atoms with Crippen LogP contribution < -0.4 is 14.8 Å². The molecule has 7 nitrogen and oxygen atoms in total. The Bertz CT molecular complexity index is 1020. The minimum absolute atomic E-state index is 0.148. The molecule has 4 rings (SSSR count). The second kappa shape index (κ2) is 8.18. The smallest absolute Gasteiger partial charge is 0.272 e. The van der Waals surface area contributed by atoms with Crippen molar-refractivity contribution in [3.63, 3.8) is 0 Å². The molecule has 1 aromatic heterocycles. The number of hydrogen-bond donors (Lipinski definition) is 1. The highest BCUT2D eigenvalue weighted by atomic mass is 16.7. The molecular weight excluding hydrogens is 368 g/mol. The van der Waals surface area contributed by atoms with Gasteiger partial charge in [0.15, 0.2) is 11.5 Å². The summed E-state index contributed by atoms with van der Waals surface area (Å²) in [5.74, 6) is 1.74. The van der Waals surface area contributed by atoms with E-state index in [9.17, 15) is 4.79 Å². The molecule has 29 heavy (non-hydrogen) atoms. The molecule has 1 amide bonds. The van der Waals surface area contributed by atoms with Crippen molar-refractivity contribution in [2.75, 3.05) is 19.2 Å². The van der Waals surface area contributed by atoms with E-state index in [2.05, 4.69) is 15.3 Å². The number of fused-ring (bicyclic) bond motifs is 1. The number of amides is 1. The lowest BCUT2D eigenvalue weighted by Crippen LogP contribution is -2.27. The molecule has 148 valence electrons. The lowest BCUT2D eigenvalue weighted by Gasteiger charge is -2.17. The standard InChI is InChI=1S/C22H22N4O3/c1-15-10-18(21(27)26(2)13-16-6-4-3-5-7-16)25-22(24-15)23-12-17-8-9-19-20(11-17)29-14-28-19/h3-11H,12-14H2,1-2H3,(H,23,24,25). The van der Waals surface area contributed by atoms with Gasteiger partial charge in [0.25, 0.3) is 5.91 Å². The molecule has 0 radical (unpaired) electrons. The monoisotopic (exact) mass is 390 g/mol. The van der Waals surface area contributed by atoms with Gasteiger partial charge in [-0.1, -0.05) is 36.4 Å². The highest BCUT2D eigenvalue weighted by Gasteiger charge is 2.16. The van der Waals surface area contributed by atoms with E-state index >= 15 is 0 Å². The van der Waals surface area contributed by atoms with Gasteiger partial charge in [-0.3, -0.25) is 4.79 Å². The fourth-order valence-electron chi connectivity index (χ4n) is 3.11. The Kier molecular flexibility index (Phi) is 5.29. The van der Waals surface area contributed by atoms with E-state index < -0.39 is 0 Å². The summed E-state index contributed by atoms with van der Waals surface area (Å²) in [6.45, 7) is 3.12. The second-order valence-electron chi connectivity index (χ2n) is 6.91. The molecule has 3 aromatic rings. The summed E-state index contributed by atoms with van der Waals surface area (Å²) >= 11 is 0. The lowest BCUT2D eigenvalue weighted by atomic mass is 10.2. The van der Waals surface area contributed by atoms with Crippen LogP contribution in [0.15, 0.2) is 54.6 Å². The molecule has 1 aliphatic heterocycles. The van der Waals surface area contributed by atoms with Gasteiger partial charge in [0.2, 0.25) is 12.7 Å². The lowest BCUT2D eigenvalue weighted by molar-refractivity contribution is 0.0779. The normalized spacial score (nSPS) is 11.9. The van der Waals surface area contributed by atoms with Gasteiger partial charge in [-0.2, -0.15) is 0 Å². The number of anilines is 1. The number of rotatable bonds is 6. The summed E-state index contributed by atoms with van der Waals surface area (Å²) in [7, 11) is 1.77. The Morgan fingerprint density at radius 1 is 1.03 bits per heavy atom. The summed E-state index contributed by atoms with van der Waals surface area (Å²) in [6, 6.07) is 17.3. The zero-order valence-electron chi connectivity index (χ0n) is 16.4. The predicted octanol–water partition coefficient (Wildman–Crippen LogP) is 3.40. The van der Waals surface area contributed by atoms with Crippen molar-refractivity contribution >= 4 is 11.9 Å². The van der Waals surface area contributed by atoms with Crippen molar-refractivity contribution in [3.8, 4) is 11.5 Å². The van der Waals surface area contributed by atoms with Crippen molar-refractivity contribution < 1.29 is 14.3 Å². The van der Waals surface area contributed by atoms with Crippen molar-refractivity contribution in [2.45, 2.75) is 20.0 Å². The SMILES string of the molecule is Cc1cc(C(=O)N(C)Cc2ccccc2)nc(NCc2ccc3c(c2)OCO3)n1. The molecule has 0 fully saturated rings. The number of nitrogens with one attached hydrogen (secondary N) is 1. The van der Waals surface area contributed by atoms with Crippen LogP contribution in [0.25, 0.3) is 0 Å². The molecule has 2 aromatic carbocycles. The first kappa shape index (κ1) is 18.7. The first-order valence-corrected chi connectivity index (χ1v) is 9.36. The van der Waals surface area contributed by atoms with E-state index in [1.165, 1.54) is 0 Å². The van der Waals surface area contributed by atoms with Crippen LogP contribution in [0.5, 0.6) is 11.5 Å². The predicted molar refractivity (Wildman–Crippen MR) is 109 cm³/mol. The molecule has 0 saturated heterocycles. The van der Waals surface area contributed by atoms with Crippen molar-refractivity contribution in [1.82, 2.24) is 14.9 Å². The van der Waals surface area contributed by atoms with E-state index in [1.807, 2.05) is 55.5 Å². The van der Waals surface area contributed by atoms with Gasteiger partial charge in [-0.25, -0.2) is 9.97 Å². The first-order valence-electron chi connectivity index (χ1n) is 9.36. The molecular formula is C22H22N4O3. The average Bonchev–Trinajstić information content (AvgIpc) is 3.20. The molecule has 1 aliphatic rings. The van der Waals surface area contributed by atoms with Crippen molar-refractivity contribution in [1.29, 1.82) is 0 Å². The van der Waals surface area contributed by atoms with Gasteiger partial charge in [0.05, 0.1) is 0 Å². The van der Waals surface area contributed by atoms with E-state index in [0.29, 0.717) is 24.7 Å². The van der Waals surface area contributed by atoms with Crippen LogP contribution in [0, 0.1) is 6.92 Å². The van der Waals surface area contributed by atoms with Crippen molar-refractivity contribution in [3.05, 3.63) is 77.1 Å². The van der Waals surface area contributed by atoms with Crippen LogP contribution in [0.2, 0.25) is 0 Å². The summed E-state index contributed by atoms with van der Waals surface area (Å²) < 4.78 is 10.7. The molecule has 0 aliphatic carbocycles. The second-order valence-corrected chi connectivity index (χ2v) is 6.91. The fourth-order valence-corrected chi connectivity index (χ4v) is 3.11. The van der Waals surface area contributed by atoms with Crippen LogP contribution in [0.4, 0.5) is 5.95 Å². The Hall–Kier alpha value is -3.61. The Morgan fingerprint density at radius 2 is 1.83 bits per heavy atom. The molecule has 0 saturated carbocycles. The number of ether oxygens (including phenoxy) is 2. The largest absolute Gasteiger partial charge is 0.454 e. The Morgan fingerprint density at radius 3 is 2.66 bits per heavy atom. The zero-order chi connectivity index (χ0) is 20.2. The molecule has 0 bridgehead atoms. The van der Waals surface area contributed by atoms with Crippen molar-refractivity contribution in [2.24, 2.45) is 0 Å². The van der Waals surface area contributed by atoms with Crippen LogP contribution in [-0.4, -0.2) is 34.6 Å². The number of carbonyl (C=O) groups excluding carboxylic acids is 1. The van der Waals surface area contributed by atoms with E-state index in [4.69, 9.17) is 9.47 Å². The van der Waals surface area contributed by atoms with Crippen LogP contribution in [0.3, 0.4) is 0 Å². The molecule has 2 heterocycles. The van der Waals surface area contributed by atoms with Crippen LogP contribution >= 0.6 is 0 Å². The molecule has 0 unspecified atom stereocenters. The maximum Gasteiger partial charge on any atom is 0.272 e. The minimum atomic E-state index is -0.148. The number of benzene rings is 2. The quantitative estimate of drug-likeness (QED) is 0.695. The first-order chi connectivity index (χ1) is 14.1. The van der Waals surface area contributed by atoms with E-state index in [1.54, 1.807) is 18.0 Å². The van der Waals surface area contributed by atoms with Gasteiger partial charge in [0.1, 0.15) is 5.69 Å². The third kappa shape index (κ3) is 4.45. The molecule has 1 N–H and O–H groups in total. The number of hydrogen-bond acceptors (Lipinski definition) is 6. The summed E-state index contributed by atoms with van der Waals surface area (Å²) in [5, 5.41) is 3.19. The summed E-state index contributed by atoms with van der Waals surface area (Å²) in [5.41, 5.74) is 3.16. The van der Waals surface area contributed by atoms with Gasteiger partial charge in [-0.15, -0.1) is 0 Å². The van der Waals surface area contributed by atoms with E-state index in [-0.39, 0.29) is 12.7 Å². The molecule has 7 heteroatoms. The topological polar surface area (TPSA) is 76.6 Å². The summed E-state index contributed by atoms with van der Waals surface area (Å²) in [6.07, 6.45) is 0. The number of aryl methyl sites for hydroxylation is 1. The number of nitrogens with zero attached hydrogens (tertiary/aromatic N) is 3. The maximum atomic E-state index is 12.8. The maximum absolute atomic E-state index is 12.8. The number of aromatic nitrogens is 2. The zero-order valence-corrected chi connectivity index (χ0v) is 16.4. The molecule has 0 atom stereocenters. The highest BCUT2D eigenvalue weighted by Crippen LogP contribution is 2.32. The Balaban J connectivity index is 1.45. The minimum Gasteiger partial charge on any atom is -0.454 e.